The van der Waals surface area contributed by atoms with Gasteiger partial charge in [0.2, 0.25) is 10.0 Å². The Labute approximate surface area is 171 Å². The summed E-state index contributed by atoms with van der Waals surface area (Å²) in [7, 11) is -3.38. The summed E-state index contributed by atoms with van der Waals surface area (Å²) >= 11 is 0. The zero-order valence-electron chi connectivity index (χ0n) is 16.3. The Morgan fingerprint density at radius 1 is 0.897 bits per heavy atom. The highest BCUT2D eigenvalue weighted by molar-refractivity contribution is 7.92. The number of carbonyl (C=O) groups is 2. The summed E-state index contributed by atoms with van der Waals surface area (Å²) in [5.74, 6) is -0.442. The lowest BCUT2D eigenvalue weighted by atomic mass is 10.1. The maximum absolute atomic E-state index is 13.0. The topological polar surface area (TPSA) is 95.6 Å². The van der Waals surface area contributed by atoms with Gasteiger partial charge in [-0.2, -0.15) is 0 Å². The third-order valence-corrected chi connectivity index (χ3v) is 5.36. The quantitative estimate of drug-likeness (QED) is 0.783. The second-order valence-electron chi connectivity index (χ2n) is 7.16. The van der Waals surface area contributed by atoms with Crippen LogP contribution in [0, 0.1) is 0 Å². The molecule has 0 radical (unpaired) electrons. The van der Waals surface area contributed by atoms with Crippen molar-refractivity contribution in [1.82, 2.24) is 4.90 Å². The van der Waals surface area contributed by atoms with E-state index in [4.69, 9.17) is 0 Å². The molecule has 0 spiro atoms. The standard InChI is InChI=1S/C21H25N3O4S/c1-29(27,28)23-17-12-10-16(11-13-17)20(25)22-19-9-5-4-8-18(19)21(26)24-14-6-2-3-7-15-24/h4-5,8-13,23H,2-3,6-7,14-15H2,1H3,(H,22,25). The average molecular weight is 416 g/mol. The first-order chi connectivity index (χ1) is 13.8. The molecule has 3 rings (SSSR count). The van der Waals surface area contributed by atoms with Crippen molar-refractivity contribution in [1.29, 1.82) is 0 Å². The molecule has 0 aliphatic carbocycles. The van der Waals surface area contributed by atoms with E-state index in [0.29, 0.717) is 22.5 Å². The average Bonchev–Trinajstić information content (AvgIpc) is 2.97. The zero-order chi connectivity index (χ0) is 20.9. The predicted octanol–water partition coefficient (Wildman–Crippen LogP) is 3.33. The molecule has 154 valence electrons. The molecule has 1 aliphatic heterocycles. The molecule has 29 heavy (non-hydrogen) atoms. The molecule has 0 unspecified atom stereocenters. The number of carbonyl (C=O) groups excluding carboxylic acids is 2. The predicted molar refractivity (Wildman–Crippen MR) is 114 cm³/mol. The fourth-order valence-electron chi connectivity index (χ4n) is 3.32. The summed E-state index contributed by atoms with van der Waals surface area (Å²) < 4.78 is 24.9. The van der Waals surface area contributed by atoms with E-state index in [9.17, 15) is 18.0 Å². The van der Waals surface area contributed by atoms with E-state index in [1.54, 1.807) is 24.3 Å². The van der Waals surface area contributed by atoms with Crippen molar-refractivity contribution >= 4 is 33.2 Å². The third kappa shape index (κ3) is 5.80. The Morgan fingerprint density at radius 3 is 2.14 bits per heavy atom. The van der Waals surface area contributed by atoms with Crippen molar-refractivity contribution in [2.24, 2.45) is 0 Å². The molecule has 2 aromatic carbocycles. The highest BCUT2D eigenvalue weighted by Crippen LogP contribution is 2.21. The third-order valence-electron chi connectivity index (χ3n) is 4.75. The summed E-state index contributed by atoms with van der Waals surface area (Å²) in [5, 5.41) is 2.81. The van der Waals surface area contributed by atoms with Crippen molar-refractivity contribution in [3.63, 3.8) is 0 Å². The van der Waals surface area contributed by atoms with Gasteiger partial charge in [-0.15, -0.1) is 0 Å². The largest absolute Gasteiger partial charge is 0.339 e. The number of benzene rings is 2. The SMILES string of the molecule is CS(=O)(=O)Nc1ccc(C(=O)Nc2ccccc2C(=O)N2CCCCCC2)cc1. The molecule has 1 heterocycles. The summed E-state index contributed by atoms with van der Waals surface area (Å²) in [4.78, 5) is 27.5. The number of likely N-dealkylation sites (tertiary alicyclic amines) is 1. The van der Waals surface area contributed by atoms with E-state index < -0.39 is 10.0 Å². The van der Waals surface area contributed by atoms with Gasteiger partial charge < -0.3 is 10.2 Å². The number of amides is 2. The van der Waals surface area contributed by atoms with E-state index in [1.807, 2.05) is 4.90 Å². The number of nitrogens with zero attached hydrogens (tertiary/aromatic N) is 1. The van der Waals surface area contributed by atoms with Gasteiger partial charge in [-0.25, -0.2) is 8.42 Å². The number of para-hydroxylation sites is 1. The second kappa shape index (κ2) is 9.09. The lowest BCUT2D eigenvalue weighted by Gasteiger charge is -2.22. The van der Waals surface area contributed by atoms with E-state index in [2.05, 4.69) is 10.0 Å². The van der Waals surface area contributed by atoms with Crippen LogP contribution >= 0.6 is 0 Å². The van der Waals surface area contributed by atoms with Gasteiger partial charge in [0.15, 0.2) is 0 Å². The van der Waals surface area contributed by atoms with Crippen LogP contribution in [-0.2, 0) is 10.0 Å². The van der Waals surface area contributed by atoms with E-state index in [-0.39, 0.29) is 11.8 Å². The van der Waals surface area contributed by atoms with E-state index in [0.717, 1.165) is 45.0 Å². The van der Waals surface area contributed by atoms with Crippen molar-refractivity contribution in [2.45, 2.75) is 25.7 Å². The fourth-order valence-corrected chi connectivity index (χ4v) is 3.89. The van der Waals surface area contributed by atoms with E-state index in [1.165, 1.54) is 24.3 Å². The molecular weight excluding hydrogens is 390 g/mol. The Kier molecular flexibility index (Phi) is 6.53. The molecule has 7 nitrogen and oxygen atoms in total. The molecule has 1 saturated heterocycles. The number of nitrogens with one attached hydrogen (secondary N) is 2. The minimum absolute atomic E-state index is 0.0736. The first kappa shape index (κ1) is 20.9. The lowest BCUT2D eigenvalue weighted by Crippen LogP contribution is -2.32. The molecule has 0 bridgehead atoms. The van der Waals surface area contributed by atoms with Crippen LogP contribution in [0.5, 0.6) is 0 Å². The Hall–Kier alpha value is -2.87. The van der Waals surface area contributed by atoms with Crippen molar-refractivity contribution in [3.05, 3.63) is 59.7 Å². The number of rotatable bonds is 5. The first-order valence-electron chi connectivity index (χ1n) is 9.61. The van der Waals surface area contributed by atoms with Gasteiger partial charge in [0, 0.05) is 24.3 Å². The molecular formula is C21H25N3O4S. The highest BCUT2D eigenvalue weighted by Gasteiger charge is 2.21. The van der Waals surface area contributed by atoms with E-state index >= 15 is 0 Å². The monoisotopic (exact) mass is 415 g/mol. The summed E-state index contributed by atoms with van der Waals surface area (Å²) in [5.41, 5.74) is 1.67. The second-order valence-corrected chi connectivity index (χ2v) is 8.91. The van der Waals surface area contributed by atoms with Gasteiger partial charge in [-0.3, -0.25) is 14.3 Å². The Morgan fingerprint density at radius 2 is 1.52 bits per heavy atom. The normalized spacial score (nSPS) is 14.7. The van der Waals surface area contributed by atoms with Crippen LogP contribution in [-0.4, -0.2) is 44.5 Å². The maximum atomic E-state index is 13.0. The molecule has 2 aromatic rings. The molecule has 0 atom stereocenters. The van der Waals surface area contributed by atoms with Crippen molar-refractivity contribution in [3.8, 4) is 0 Å². The number of anilines is 2. The smallest absolute Gasteiger partial charge is 0.255 e. The molecule has 2 amide bonds. The van der Waals surface area contributed by atoms with Crippen LogP contribution in [0.2, 0.25) is 0 Å². The summed E-state index contributed by atoms with van der Waals surface area (Å²) in [6.07, 6.45) is 5.31. The zero-order valence-corrected chi connectivity index (χ0v) is 17.2. The molecule has 2 N–H and O–H groups in total. The molecule has 8 heteroatoms. The molecule has 1 fully saturated rings. The number of sulfonamides is 1. The molecule has 0 aromatic heterocycles. The highest BCUT2D eigenvalue weighted by atomic mass is 32.2. The van der Waals surface area contributed by atoms with Gasteiger partial charge in [-0.1, -0.05) is 25.0 Å². The Bertz CT molecular complexity index is 979. The van der Waals surface area contributed by atoms with Crippen LogP contribution in [0.15, 0.2) is 48.5 Å². The van der Waals surface area contributed by atoms with Gasteiger partial charge in [0.1, 0.15) is 0 Å². The fraction of sp³-hybridized carbons (Fsp3) is 0.333. The Balaban J connectivity index is 1.74. The minimum Gasteiger partial charge on any atom is -0.339 e. The van der Waals surface area contributed by atoms with Gasteiger partial charge in [0.05, 0.1) is 17.5 Å². The molecule has 0 saturated carbocycles. The number of hydrogen-bond acceptors (Lipinski definition) is 4. The summed E-state index contributed by atoms with van der Waals surface area (Å²) in [6.45, 7) is 1.46. The van der Waals surface area contributed by atoms with Gasteiger partial charge >= 0.3 is 0 Å². The maximum Gasteiger partial charge on any atom is 0.255 e. The minimum atomic E-state index is -3.38. The van der Waals surface area contributed by atoms with Crippen molar-refractivity contribution < 1.29 is 18.0 Å². The van der Waals surface area contributed by atoms with Crippen LogP contribution in [0.4, 0.5) is 11.4 Å². The van der Waals surface area contributed by atoms with Crippen LogP contribution in [0.1, 0.15) is 46.4 Å². The lowest BCUT2D eigenvalue weighted by molar-refractivity contribution is 0.0762. The van der Waals surface area contributed by atoms with Crippen LogP contribution in [0.3, 0.4) is 0 Å². The van der Waals surface area contributed by atoms with Crippen LogP contribution in [0.25, 0.3) is 0 Å². The van der Waals surface area contributed by atoms with Crippen LogP contribution < -0.4 is 10.0 Å². The van der Waals surface area contributed by atoms with Gasteiger partial charge in [0.25, 0.3) is 11.8 Å². The summed E-state index contributed by atoms with van der Waals surface area (Å²) in [6, 6.07) is 13.1. The number of hydrogen-bond donors (Lipinski definition) is 2. The van der Waals surface area contributed by atoms with Gasteiger partial charge in [-0.05, 0) is 49.2 Å². The first-order valence-corrected chi connectivity index (χ1v) is 11.5. The molecule has 1 aliphatic rings. The van der Waals surface area contributed by atoms with Crippen molar-refractivity contribution in [2.75, 3.05) is 29.4 Å².